The zero-order valence-corrected chi connectivity index (χ0v) is 22.5. The first kappa shape index (κ1) is 26.2. The smallest absolute Gasteiger partial charge is 0.338 e. The molecule has 4 rings (SSSR count). The highest BCUT2D eigenvalue weighted by atomic mass is 32.1. The summed E-state index contributed by atoms with van der Waals surface area (Å²) >= 11 is 1.28. The quantitative estimate of drug-likeness (QED) is 0.334. The lowest BCUT2D eigenvalue weighted by atomic mass is 9.95. The molecule has 0 saturated heterocycles. The molecule has 2 heterocycles. The van der Waals surface area contributed by atoms with Crippen molar-refractivity contribution in [3.05, 3.63) is 102 Å². The second-order valence-corrected chi connectivity index (χ2v) is 9.63. The van der Waals surface area contributed by atoms with Crippen molar-refractivity contribution in [1.29, 1.82) is 0 Å². The van der Waals surface area contributed by atoms with Gasteiger partial charge in [0, 0.05) is 5.56 Å². The summed E-state index contributed by atoms with van der Waals surface area (Å²) in [6.07, 6.45) is 4.18. The minimum Gasteiger partial charge on any atom is -0.493 e. The van der Waals surface area contributed by atoms with E-state index in [1.54, 1.807) is 38.7 Å². The van der Waals surface area contributed by atoms with Crippen LogP contribution in [0.2, 0.25) is 0 Å². The number of methoxy groups -OCH3 is 2. The molecule has 0 N–H and O–H groups in total. The molecule has 37 heavy (non-hydrogen) atoms. The molecule has 0 saturated carbocycles. The molecule has 0 radical (unpaired) electrons. The van der Waals surface area contributed by atoms with Gasteiger partial charge in [-0.15, -0.1) is 6.58 Å². The number of aromatic nitrogens is 1. The molecular formula is C29H30N2O5S. The van der Waals surface area contributed by atoms with E-state index in [-0.39, 0.29) is 12.2 Å². The van der Waals surface area contributed by atoms with Crippen LogP contribution >= 0.6 is 11.3 Å². The van der Waals surface area contributed by atoms with Crippen molar-refractivity contribution in [2.75, 3.05) is 20.8 Å². The van der Waals surface area contributed by atoms with Gasteiger partial charge in [0.1, 0.15) is 0 Å². The van der Waals surface area contributed by atoms with Crippen molar-refractivity contribution >= 4 is 23.4 Å². The summed E-state index contributed by atoms with van der Waals surface area (Å²) in [6, 6.07) is 10.9. The average Bonchev–Trinajstić information content (AvgIpc) is 3.17. The van der Waals surface area contributed by atoms with Gasteiger partial charge in [0.25, 0.3) is 5.56 Å². The Labute approximate surface area is 219 Å². The minimum absolute atomic E-state index is 0.229. The first-order valence-corrected chi connectivity index (χ1v) is 12.8. The van der Waals surface area contributed by atoms with Crippen molar-refractivity contribution in [2.45, 2.75) is 33.2 Å². The van der Waals surface area contributed by atoms with Crippen molar-refractivity contribution < 1.29 is 19.0 Å². The van der Waals surface area contributed by atoms with Crippen LogP contribution in [0, 0.1) is 6.92 Å². The zero-order chi connectivity index (χ0) is 26.7. The molecule has 7 nitrogen and oxygen atoms in total. The molecule has 192 valence electrons. The zero-order valence-electron chi connectivity index (χ0n) is 21.7. The second kappa shape index (κ2) is 11.0. The summed E-state index contributed by atoms with van der Waals surface area (Å²) < 4.78 is 18.5. The Bertz CT molecular complexity index is 1560. The van der Waals surface area contributed by atoms with Gasteiger partial charge in [0.05, 0.1) is 42.7 Å². The maximum Gasteiger partial charge on any atom is 0.338 e. The van der Waals surface area contributed by atoms with E-state index in [1.807, 2.05) is 49.4 Å². The predicted molar refractivity (Wildman–Crippen MR) is 145 cm³/mol. The van der Waals surface area contributed by atoms with E-state index in [2.05, 4.69) is 11.6 Å². The number of hydrogen-bond acceptors (Lipinski definition) is 7. The van der Waals surface area contributed by atoms with Crippen LogP contribution < -0.4 is 24.4 Å². The number of nitrogens with zero attached hydrogens (tertiary/aromatic N) is 2. The largest absolute Gasteiger partial charge is 0.493 e. The van der Waals surface area contributed by atoms with Crippen LogP contribution in [0.4, 0.5) is 0 Å². The van der Waals surface area contributed by atoms with Crippen molar-refractivity contribution in [2.24, 2.45) is 4.99 Å². The Hall–Kier alpha value is -3.91. The lowest BCUT2D eigenvalue weighted by molar-refractivity contribution is -0.139. The van der Waals surface area contributed by atoms with Gasteiger partial charge < -0.3 is 14.2 Å². The van der Waals surface area contributed by atoms with Crippen molar-refractivity contribution in [3.8, 4) is 11.5 Å². The number of esters is 1. The number of thiazole rings is 1. The van der Waals surface area contributed by atoms with Crippen LogP contribution in [-0.4, -0.2) is 31.4 Å². The van der Waals surface area contributed by atoms with Crippen LogP contribution in [0.5, 0.6) is 11.5 Å². The molecule has 0 fully saturated rings. The van der Waals surface area contributed by atoms with Crippen LogP contribution in [-0.2, 0) is 16.0 Å². The van der Waals surface area contributed by atoms with Gasteiger partial charge in [-0.1, -0.05) is 47.2 Å². The predicted octanol–water partition coefficient (Wildman–Crippen LogP) is 3.85. The Morgan fingerprint density at radius 3 is 2.51 bits per heavy atom. The Morgan fingerprint density at radius 1 is 1.16 bits per heavy atom. The molecule has 0 bridgehead atoms. The maximum atomic E-state index is 13.8. The van der Waals surface area contributed by atoms with Crippen molar-refractivity contribution in [1.82, 2.24) is 4.57 Å². The fraction of sp³-hybridized carbons (Fsp3) is 0.276. The summed E-state index contributed by atoms with van der Waals surface area (Å²) in [5, 5.41) is 0. The Morgan fingerprint density at radius 2 is 1.89 bits per heavy atom. The van der Waals surface area contributed by atoms with E-state index in [0.717, 1.165) is 22.3 Å². The SMILES string of the molecule is C=CCc1cc(/C=c2/sc3n(c2=O)[C@H](c2ccc(C)cc2)C(C(=O)OCC)=C(C)N=3)cc(OC)c1OC. The molecule has 0 unspecified atom stereocenters. The van der Waals surface area contributed by atoms with E-state index < -0.39 is 12.0 Å². The number of carbonyl (C=O) groups is 1. The van der Waals surface area contributed by atoms with Gasteiger partial charge in [-0.05, 0) is 56.5 Å². The highest BCUT2D eigenvalue weighted by Gasteiger charge is 2.33. The fourth-order valence-electron chi connectivity index (χ4n) is 4.46. The standard InChI is InChI=1S/C29H30N2O5S/c1-7-9-21-14-19(15-22(34-5)26(21)35-6)16-23-27(32)31-25(20-12-10-17(3)11-13-20)24(28(33)36-8-2)18(4)30-29(31)37-23/h7,10-16,25H,1,8-9H2,2-6H3/b23-16+/t25-/m1/s1. The normalized spacial score (nSPS) is 15.2. The molecule has 0 aliphatic carbocycles. The molecule has 1 aliphatic rings. The molecular weight excluding hydrogens is 488 g/mol. The molecule has 1 aliphatic heterocycles. The number of fused-ring (bicyclic) bond motifs is 1. The fourth-order valence-corrected chi connectivity index (χ4v) is 5.51. The van der Waals surface area contributed by atoms with Gasteiger partial charge in [-0.3, -0.25) is 9.36 Å². The van der Waals surface area contributed by atoms with Gasteiger partial charge in [0.2, 0.25) is 0 Å². The number of carbonyl (C=O) groups excluding carboxylic acids is 1. The average molecular weight is 519 g/mol. The first-order valence-electron chi connectivity index (χ1n) is 11.9. The van der Waals surface area contributed by atoms with Gasteiger partial charge in [-0.25, -0.2) is 9.79 Å². The third kappa shape index (κ3) is 5.02. The Balaban J connectivity index is 1.94. The third-order valence-electron chi connectivity index (χ3n) is 6.15. The molecule has 0 spiro atoms. The summed E-state index contributed by atoms with van der Waals surface area (Å²) in [6.45, 7) is 9.59. The van der Waals surface area contributed by atoms with Crippen molar-refractivity contribution in [3.63, 3.8) is 0 Å². The maximum absolute atomic E-state index is 13.8. The van der Waals surface area contributed by atoms with Crippen LogP contribution in [0.1, 0.15) is 42.1 Å². The van der Waals surface area contributed by atoms with Crippen LogP contribution in [0.3, 0.4) is 0 Å². The van der Waals surface area contributed by atoms with Gasteiger partial charge in [0.15, 0.2) is 16.3 Å². The topological polar surface area (TPSA) is 79.1 Å². The van der Waals surface area contributed by atoms with Crippen LogP contribution in [0.25, 0.3) is 6.08 Å². The van der Waals surface area contributed by atoms with E-state index in [1.165, 1.54) is 11.3 Å². The Kier molecular flexibility index (Phi) is 7.78. The third-order valence-corrected chi connectivity index (χ3v) is 7.13. The van der Waals surface area contributed by atoms with Gasteiger partial charge >= 0.3 is 5.97 Å². The van der Waals surface area contributed by atoms with E-state index in [4.69, 9.17) is 14.2 Å². The van der Waals surface area contributed by atoms with Crippen LogP contribution in [0.15, 0.2) is 70.1 Å². The summed E-state index contributed by atoms with van der Waals surface area (Å²) in [7, 11) is 3.17. The highest BCUT2D eigenvalue weighted by molar-refractivity contribution is 7.07. The molecule has 8 heteroatoms. The first-order chi connectivity index (χ1) is 17.8. The minimum atomic E-state index is -0.639. The lowest BCUT2D eigenvalue weighted by Crippen LogP contribution is -2.39. The molecule has 1 aromatic heterocycles. The van der Waals surface area contributed by atoms with Gasteiger partial charge in [-0.2, -0.15) is 0 Å². The molecule has 1 atom stereocenters. The number of benzene rings is 2. The number of rotatable bonds is 8. The van der Waals surface area contributed by atoms with E-state index >= 15 is 0 Å². The molecule has 0 amide bonds. The summed E-state index contributed by atoms with van der Waals surface area (Å²) in [5.74, 6) is 0.728. The number of allylic oxidation sites excluding steroid dienone is 2. The number of hydrogen-bond donors (Lipinski definition) is 0. The number of aryl methyl sites for hydroxylation is 1. The molecule has 3 aromatic rings. The van der Waals surface area contributed by atoms with E-state index in [0.29, 0.717) is 38.5 Å². The van der Waals surface area contributed by atoms with E-state index in [9.17, 15) is 9.59 Å². The highest BCUT2D eigenvalue weighted by Crippen LogP contribution is 2.34. The molecule has 2 aromatic carbocycles. The number of ether oxygens (including phenoxy) is 3. The summed E-state index contributed by atoms with van der Waals surface area (Å²) in [4.78, 5) is 32.0. The lowest BCUT2D eigenvalue weighted by Gasteiger charge is -2.24. The summed E-state index contributed by atoms with van der Waals surface area (Å²) in [5.41, 5.74) is 4.25. The monoisotopic (exact) mass is 518 g/mol. The second-order valence-electron chi connectivity index (χ2n) is 8.62.